The van der Waals surface area contributed by atoms with Gasteiger partial charge >= 0.3 is 6.03 Å². The van der Waals surface area contributed by atoms with Crippen molar-refractivity contribution in [3.8, 4) is 0 Å². The van der Waals surface area contributed by atoms with Crippen LogP contribution in [-0.2, 0) is 4.74 Å². The molecule has 1 fully saturated rings. The van der Waals surface area contributed by atoms with E-state index in [0.29, 0.717) is 18.8 Å². The molecule has 28 heavy (non-hydrogen) atoms. The summed E-state index contributed by atoms with van der Waals surface area (Å²) in [4.78, 5) is 24.5. The van der Waals surface area contributed by atoms with Crippen LogP contribution in [-0.4, -0.2) is 36.3 Å². The molecule has 0 unspecified atom stereocenters. The Hall–Kier alpha value is -3.20. The SMILES string of the molecule is C[C@H]1CN(c2ccc(NC(=O)Nc3ccccc3[N+](=O)[O-])cc2F)C[C@H](C)O1. The third kappa shape index (κ3) is 4.55. The summed E-state index contributed by atoms with van der Waals surface area (Å²) < 4.78 is 20.3. The van der Waals surface area contributed by atoms with Crippen molar-refractivity contribution in [1.29, 1.82) is 0 Å². The molecular formula is C19H21FN4O4. The third-order valence-corrected chi connectivity index (χ3v) is 4.31. The predicted molar refractivity (Wildman–Crippen MR) is 104 cm³/mol. The molecule has 1 saturated heterocycles. The zero-order valence-corrected chi connectivity index (χ0v) is 15.5. The van der Waals surface area contributed by atoms with Crippen molar-refractivity contribution in [3.05, 3.63) is 58.4 Å². The molecule has 8 nitrogen and oxygen atoms in total. The largest absolute Gasteiger partial charge is 0.372 e. The van der Waals surface area contributed by atoms with Gasteiger partial charge in [-0.2, -0.15) is 0 Å². The molecule has 1 aliphatic rings. The number of para-hydroxylation sites is 2. The lowest BCUT2D eigenvalue weighted by Crippen LogP contribution is -2.45. The smallest absolute Gasteiger partial charge is 0.323 e. The van der Waals surface area contributed by atoms with Crippen LogP contribution < -0.4 is 15.5 Å². The maximum atomic E-state index is 14.6. The number of nitro groups is 1. The molecule has 0 saturated carbocycles. The molecule has 0 bridgehead atoms. The molecule has 148 valence electrons. The first-order chi connectivity index (χ1) is 13.3. The number of nitrogens with zero attached hydrogens (tertiary/aromatic N) is 2. The molecule has 0 radical (unpaired) electrons. The fraction of sp³-hybridized carbons (Fsp3) is 0.316. The molecule has 9 heteroatoms. The van der Waals surface area contributed by atoms with Gasteiger partial charge in [-0.15, -0.1) is 0 Å². The second-order valence-corrected chi connectivity index (χ2v) is 6.68. The lowest BCUT2D eigenvalue weighted by atomic mass is 10.2. The minimum Gasteiger partial charge on any atom is -0.372 e. The zero-order chi connectivity index (χ0) is 20.3. The Morgan fingerprint density at radius 3 is 2.50 bits per heavy atom. The monoisotopic (exact) mass is 388 g/mol. The average Bonchev–Trinajstić information content (AvgIpc) is 2.61. The molecule has 2 amide bonds. The Morgan fingerprint density at radius 1 is 1.18 bits per heavy atom. The maximum Gasteiger partial charge on any atom is 0.323 e. The minimum absolute atomic E-state index is 0.00612. The number of anilines is 3. The molecule has 2 N–H and O–H groups in total. The topological polar surface area (TPSA) is 96.7 Å². The van der Waals surface area contributed by atoms with E-state index in [4.69, 9.17) is 4.74 Å². The van der Waals surface area contributed by atoms with E-state index in [9.17, 15) is 19.3 Å². The quantitative estimate of drug-likeness (QED) is 0.610. The molecule has 2 aromatic carbocycles. The van der Waals surface area contributed by atoms with Gasteiger partial charge in [0.25, 0.3) is 5.69 Å². The number of benzene rings is 2. The van der Waals surface area contributed by atoms with Gasteiger partial charge in [-0.1, -0.05) is 12.1 Å². The Kier molecular flexibility index (Phi) is 5.74. The second-order valence-electron chi connectivity index (χ2n) is 6.68. The number of nitro benzene ring substituents is 1. The van der Waals surface area contributed by atoms with E-state index >= 15 is 0 Å². The first-order valence-electron chi connectivity index (χ1n) is 8.85. The maximum absolute atomic E-state index is 14.6. The summed E-state index contributed by atoms with van der Waals surface area (Å²) in [5, 5.41) is 15.9. The number of morpholine rings is 1. The van der Waals surface area contributed by atoms with Crippen molar-refractivity contribution in [1.82, 2.24) is 0 Å². The van der Waals surface area contributed by atoms with E-state index in [1.165, 1.54) is 24.3 Å². The number of hydrogen-bond donors (Lipinski definition) is 2. The van der Waals surface area contributed by atoms with Crippen LogP contribution in [0.25, 0.3) is 0 Å². The van der Waals surface area contributed by atoms with Crippen molar-refractivity contribution in [2.75, 3.05) is 28.6 Å². The summed E-state index contributed by atoms with van der Waals surface area (Å²) in [5.41, 5.74) is 0.506. The summed E-state index contributed by atoms with van der Waals surface area (Å²) >= 11 is 0. The zero-order valence-electron chi connectivity index (χ0n) is 15.5. The lowest BCUT2D eigenvalue weighted by molar-refractivity contribution is -0.383. The Balaban J connectivity index is 1.69. The number of halogens is 1. The fourth-order valence-corrected chi connectivity index (χ4v) is 3.24. The standard InChI is InChI=1S/C19H21FN4O4/c1-12-10-23(11-13(2)28-12)17-8-7-14(9-15(17)20)21-19(25)22-16-5-3-4-6-18(16)24(26)27/h3-9,12-13H,10-11H2,1-2H3,(H2,21,22,25)/t12-,13-/m0/s1. The predicted octanol–water partition coefficient (Wildman–Crippen LogP) is 3.99. The number of rotatable bonds is 4. The van der Waals surface area contributed by atoms with Gasteiger partial charge in [0.1, 0.15) is 11.5 Å². The van der Waals surface area contributed by atoms with E-state index in [1.807, 2.05) is 18.7 Å². The van der Waals surface area contributed by atoms with E-state index in [2.05, 4.69) is 10.6 Å². The minimum atomic E-state index is -0.699. The van der Waals surface area contributed by atoms with Crippen LogP contribution in [0.4, 0.5) is 31.9 Å². The Labute approximate surface area is 161 Å². The first-order valence-corrected chi connectivity index (χ1v) is 8.85. The second kappa shape index (κ2) is 8.22. The van der Waals surface area contributed by atoms with E-state index in [-0.39, 0.29) is 29.3 Å². The Morgan fingerprint density at radius 2 is 1.86 bits per heavy atom. The van der Waals surface area contributed by atoms with E-state index < -0.39 is 16.8 Å². The average molecular weight is 388 g/mol. The highest BCUT2D eigenvalue weighted by atomic mass is 19.1. The number of ether oxygens (including phenoxy) is 1. The molecule has 0 aromatic heterocycles. The third-order valence-electron chi connectivity index (χ3n) is 4.31. The van der Waals surface area contributed by atoms with Gasteiger partial charge in [-0.25, -0.2) is 9.18 Å². The van der Waals surface area contributed by atoms with Crippen molar-refractivity contribution >= 4 is 28.8 Å². The molecular weight excluding hydrogens is 367 g/mol. The number of amides is 2. The number of carbonyl (C=O) groups excluding carboxylic acids is 1. The van der Waals surface area contributed by atoms with Crippen LogP contribution >= 0.6 is 0 Å². The normalized spacial score (nSPS) is 19.2. The molecule has 1 aliphatic heterocycles. The van der Waals surface area contributed by atoms with Crippen LogP contribution in [0.3, 0.4) is 0 Å². The number of urea groups is 1. The van der Waals surface area contributed by atoms with Gasteiger partial charge in [-0.05, 0) is 38.1 Å². The lowest BCUT2D eigenvalue weighted by Gasteiger charge is -2.37. The summed E-state index contributed by atoms with van der Waals surface area (Å²) in [7, 11) is 0. The molecule has 1 heterocycles. The van der Waals surface area contributed by atoms with Gasteiger partial charge in [0, 0.05) is 24.8 Å². The fourth-order valence-electron chi connectivity index (χ4n) is 3.24. The van der Waals surface area contributed by atoms with Gasteiger partial charge in [0.15, 0.2) is 0 Å². The van der Waals surface area contributed by atoms with Gasteiger partial charge in [0.05, 0.1) is 22.8 Å². The van der Waals surface area contributed by atoms with Gasteiger partial charge in [-0.3, -0.25) is 10.1 Å². The highest BCUT2D eigenvalue weighted by Crippen LogP contribution is 2.27. The number of nitrogens with one attached hydrogen (secondary N) is 2. The van der Waals surface area contributed by atoms with Crippen LogP contribution in [0.1, 0.15) is 13.8 Å². The highest BCUT2D eigenvalue weighted by molar-refractivity contribution is 6.01. The molecule has 2 atom stereocenters. The van der Waals surface area contributed by atoms with Gasteiger partial charge < -0.3 is 20.3 Å². The molecule has 3 rings (SSSR count). The summed E-state index contributed by atoms with van der Waals surface area (Å²) in [5.74, 6) is -0.468. The van der Waals surface area contributed by atoms with Crippen molar-refractivity contribution < 1.29 is 18.8 Å². The van der Waals surface area contributed by atoms with Crippen LogP contribution in [0, 0.1) is 15.9 Å². The molecule has 0 spiro atoms. The van der Waals surface area contributed by atoms with Gasteiger partial charge in [0.2, 0.25) is 0 Å². The Bertz CT molecular complexity index is 882. The number of hydrogen-bond acceptors (Lipinski definition) is 5. The summed E-state index contributed by atoms with van der Waals surface area (Å²) in [6.45, 7) is 5.02. The molecule has 0 aliphatic carbocycles. The van der Waals surface area contributed by atoms with Crippen LogP contribution in [0.2, 0.25) is 0 Å². The number of carbonyl (C=O) groups is 1. The molecule has 2 aromatic rings. The van der Waals surface area contributed by atoms with Crippen molar-refractivity contribution in [2.45, 2.75) is 26.1 Å². The van der Waals surface area contributed by atoms with Crippen LogP contribution in [0.5, 0.6) is 0 Å². The van der Waals surface area contributed by atoms with Crippen molar-refractivity contribution in [3.63, 3.8) is 0 Å². The first kappa shape index (κ1) is 19.6. The summed E-state index contributed by atoms with van der Waals surface area (Å²) in [6, 6.07) is 9.48. The van der Waals surface area contributed by atoms with E-state index in [0.717, 1.165) is 0 Å². The van der Waals surface area contributed by atoms with E-state index in [1.54, 1.807) is 18.2 Å². The summed E-state index contributed by atoms with van der Waals surface area (Å²) in [6.07, 6.45) is -0.0122. The van der Waals surface area contributed by atoms with Crippen LogP contribution in [0.15, 0.2) is 42.5 Å². The van der Waals surface area contributed by atoms with Crippen molar-refractivity contribution in [2.24, 2.45) is 0 Å². The highest BCUT2D eigenvalue weighted by Gasteiger charge is 2.24.